The molecule has 1 unspecified atom stereocenters. The first-order valence-electron chi connectivity index (χ1n) is 7.82. The molecule has 106 valence electrons. The molecule has 4 saturated carbocycles. The second-order valence-corrected chi connectivity index (χ2v) is 7.63. The van der Waals surface area contributed by atoms with E-state index in [-0.39, 0.29) is 18.7 Å². The summed E-state index contributed by atoms with van der Waals surface area (Å²) in [5.41, 5.74) is 0.413. The molecule has 0 aromatic rings. The van der Waals surface area contributed by atoms with Crippen molar-refractivity contribution in [2.45, 2.75) is 44.6 Å². The molecular weight excluding hydrogens is 240 g/mol. The molecule has 4 heteroatoms. The van der Waals surface area contributed by atoms with Gasteiger partial charge < -0.3 is 15.3 Å². The van der Waals surface area contributed by atoms with E-state index in [0.717, 1.165) is 24.3 Å². The molecule has 0 spiro atoms. The maximum absolute atomic E-state index is 12.0. The first kappa shape index (κ1) is 12.0. The van der Waals surface area contributed by atoms with Gasteiger partial charge in [0, 0.05) is 13.1 Å². The number of amides is 2. The van der Waals surface area contributed by atoms with Gasteiger partial charge in [0.1, 0.15) is 0 Å². The van der Waals surface area contributed by atoms with Crippen molar-refractivity contribution in [3.8, 4) is 0 Å². The Morgan fingerprint density at radius 2 is 1.74 bits per heavy atom. The van der Waals surface area contributed by atoms with Crippen molar-refractivity contribution < 1.29 is 9.90 Å². The van der Waals surface area contributed by atoms with E-state index in [2.05, 4.69) is 5.32 Å². The van der Waals surface area contributed by atoms with E-state index in [1.807, 2.05) is 4.90 Å². The molecule has 19 heavy (non-hydrogen) atoms. The number of carbonyl (C=O) groups is 1. The third kappa shape index (κ3) is 1.95. The lowest BCUT2D eigenvalue weighted by Gasteiger charge is -2.57. The predicted octanol–water partition coefficient (Wildman–Crippen LogP) is 1.59. The molecule has 1 aliphatic heterocycles. The fraction of sp³-hybridized carbons (Fsp3) is 0.933. The lowest BCUT2D eigenvalue weighted by Crippen LogP contribution is -2.51. The molecule has 4 aliphatic carbocycles. The maximum Gasteiger partial charge on any atom is 0.317 e. The van der Waals surface area contributed by atoms with Crippen molar-refractivity contribution in [2.24, 2.45) is 23.2 Å². The van der Waals surface area contributed by atoms with Crippen LogP contribution in [0.4, 0.5) is 4.79 Å². The molecule has 2 N–H and O–H groups in total. The molecule has 2 amide bonds. The van der Waals surface area contributed by atoms with Crippen LogP contribution in [0.1, 0.15) is 38.5 Å². The van der Waals surface area contributed by atoms with Crippen molar-refractivity contribution in [1.29, 1.82) is 0 Å². The Morgan fingerprint density at radius 1 is 1.16 bits per heavy atom. The van der Waals surface area contributed by atoms with Gasteiger partial charge >= 0.3 is 6.03 Å². The van der Waals surface area contributed by atoms with E-state index < -0.39 is 0 Å². The lowest BCUT2D eigenvalue weighted by molar-refractivity contribution is -0.0625. The summed E-state index contributed by atoms with van der Waals surface area (Å²) in [5.74, 6) is 2.81. The number of urea groups is 1. The van der Waals surface area contributed by atoms with Crippen LogP contribution >= 0.6 is 0 Å². The van der Waals surface area contributed by atoms with Crippen molar-refractivity contribution in [2.75, 3.05) is 19.7 Å². The van der Waals surface area contributed by atoms with Crippen molar-refractivity contribution in [3.05, 3.63) is 0 Å². The fourth-order valence-corrected chi connectivity index (χ4v) is 5.79. The summed E-state index contributed by atoms with van der Waals surface area (Å²) in [6, 6.07) is -0.0174. The highest BCUT2D eigenvalue weighted by atomic mass is 16.3. The monoisotopic (exact) mass is 264 g/mol. The number of aliphatic hydroxyl groups excluding tert-OH is 1. The van der Waals surface area contributed by atoms with Gasteiger partial charge in [-0.05, 0) is 61.7 Å². The summed E-state index contributed by atoms with van der Waals surface area (Å²) < 4.78 is 0. The standard InChI is InChI=1S/C15H24N2O2/c18-8-13-7-17(14(19)16-13)9-15-4-10-1-11(5-15)3-12(2-10)6-15/h10-13,18H,1-9H2,(H,16,19). The molecule has 0 aromatic carbocycles. The topological polar surface area (TPSA) is 52.6 Å². The normalized spacial score (nSPS) is 47.8. The number of nitrogens with one attached hydrogen (secondary N) is 1. The van der Waals surface area contributed by atoms with Crippen LogP contribution < -0.4 is 5.32 Å². The number of hydrogen-bond donors (Lipinski definition) is 2. The molecular formula is C15H24N2O2. The van der Waals surface area contributed by atoms with E-state index >= 15 is 0 Å². The molecule has 1 saturated heterocycles. The second-order valence-electron chi connectivity index (χ2n) is 7.63. The van der Waals surface area contributed by atoms with Gasteiger partial charge in [-0.1, -0.05) is 0 Å². The molecule has 4 bridgehead atoms. The molecule has 5 aliphatic rings. The highest BCUT2D eigenvalue weighted by molar-refractivity contribution is 5.77. The zero-order valence-corrected chi connectivity index (χ0v) is 11.5. The molecule has 5 fully saturated rings. The molecule has 1 heterocycles. The van der Waals surface area contributed by atoms with E-state index in [4.69, 9.17) is 0 Å². The average molecular weight is 264 g/mol. The summed E-state index contributed by atoms with van der Waals surface area (Å²) in [6.45, 7) is 1.68. The Labute approximate surface area is 114 Å². The van der Waals surface area contributed by atoms with Crippen LogP contribution in [0, 0.1) is 23.2 Å². The Bertz CT molecular complexity index is 360. The van der Waals surface area contributed by atoms with Gasteiger partial charge in [0.05, 0.1) is 12.6 Å². The average Bonchev–Trinajstić information content (AvgIpc) is 2.67. The van der Waals surface area contributed by atoms with E-state index in [1.54, 1.807) is 0 Å². The quantitative estimate of drug-likeness (QED) is 0.813. The Kier molecular flexibility index (Phi) is 2.60. The molecule has 1 atom stereocenters. The molecule has 4 nitrogen and oxygen atoms in total. The fourth-order valence-electron chi connectivity index (χ4n) is 5.79. The minimum Gasteiger partial charge on any atom is -0.394 e. The van der Waals surface area contributed by atoms with Gasteiger partial charge in [0.15, 0.2) is 0 Å². The predicted molar refractivity (Wildman–Crippen MR) is 71.6 cm³/mol. The van der Waals surface area contributed by atoms with Crippen LogP contribution in [0.25, 0.3) is 0 Å². The van der Waals surface area contributed by atoms with Gasteiger partial charge in [0.2, 0.25) is 0 Å². The Balaban J connectivity index is 1.49. The minimum atomic E-state index is -0.0542. The smallest absolute Gasteiger partial charge is 0.317 e. The molecule has 0 radical (unpaired) electrons. The van der Waals surface area contributed by atoms with Crippen LogP contribution in [-0.2, 0) is 0 Å². The maximum atomic E-state index is 12.0. The van der Waals surface area contributed by atoms with Crippen LogP contribution in [0.3, 0.4) is 0 Å². The first-order valence-corrected chi connectivity index (χ1v) is 7.82. The van der Waals surface area contributed by atoms with Crippen LogP contribution in [-0.4, -0.2) is 41.8 Å². The zero-order chi connectivity index (χ0) is 13.0. The summed E-state index contributed by atoms with van der Waals surface area (Å²) in [7, 11) is 0. The highest BCUT2D eigenvalue weighted by Gasteiger charge is 2.52. The van der Waals surface area contributed by atoms with E-state index in [9.17, 15) is 9.90 Å². The SMILES string of the molecule is O=C1NC(CO)CN1CC12CC3CC(CC(C3)C1)C2. The third-order valence-corrected chi connectivity index (χ3v) is 5.97. The zero-order valence-electron chi connectivity index (χ0n) is 11.5. The number of hydrogen-bond acceptors (Lipinski definition) is 2. The number of nitrogens with zero attached hydrogens (tertiary/aromatic N) is 1. The lowest BCUT2D eigenvalue weighted by atomic mass is 9.49. The van der Waals surface area contributed by atoms with Crippen molar-refractivity contribution in [3.63, 3.8) is 0 Å². The van der Waals surface area contributed by atoms with Gasteiger partial charge in [-0.2, -0.15) is 0 Å². The van der Waals surface area contributed by atoms with Gasteiger partial charge in [-0.15, -0.1) is 0 Å². The number of aliphatic hydroxyl groups is 1. The largest absolute Gasteiger partial charge is 0.394 e. The Hall–Kier alpha value is -0.770. The van der Waals surface area contributed by atoms with E-state index in [1.165, 1.54) is 38.5 Å². The summed E-state index contributed by atoms with van der Waals surface area (Å²) >= 11 is 0. The van der Waals surface area contributed by atoms with E-state index in [0.29, 0.717) is 12.0 Å². The van der Waals surface area contributed by atoms with Crippen LogP contribution in [0.2, 0.25) is 0 Å². The highest BCUT2D eigenvalue weighted by Crippen LogP contribution is 2.60. The van der Waals surface area contributed by atoms with Crippen LogP contribution in [0.15, 0.2) is 0 Å². The Morgan fingerprint density at radius 3 is 2.21 bits per heavy atom. The summed E-state index contributed by atoms with van der Waals surface area (Å²) in [5, 5.41) is 12.1. The second kappa shape index (κ2) is 4.11. The van der Waals surface area contributed by atoms with Gasteiger partial charge in [0.25, 0.3) is 0 Å². The number of rotatable bonds is 3. The van der Waals surface area contributed by atoms with Crippen molar-refractivity contribution >= 4 is 6.03 Å². The van der Waals surface area contributed by atoms with Crippen LogP contribution in [0.5, 0.6) is 0 Å². The number of carbonyl (C=O) groups excluding carboxylic acids is 1. The van der Waals surface area contributed by atoms with Gasteiger partial charge in [-0.25, -0.2) is 4.79 Å². The molecule has 0 aromatic heterocycles. The van der Waals surface area contributed by atoms with Gasteiger partial charge in [-0.3, -0.25) is 0 Å². The first-order chi connectivity index (χ1) is 9.16. The third-order valence-electron chi connectivity index (χ3n) is 5.97. The van der Waals surface area contributed by atoms with Crippen molar-refractivity contribution in [1.82, 2.24) is 10.2 Å². The molecule has 5 rings (SSSR count). The summed E-state index contributed by atoms with van der Waals surface area (Å²) in [6.07, 6.45) is 8.37. The summed E-state index contributed by atoms with van der Waals surface area (Å²) in [4.78, 5) is 13.9. The minimum absolute atomic E-state index is 0.0368.